The quantitative estimate of drug-likeness (QED) is 0.370. The number of benzene rings is 3. The molecular formula is C29H27NO5. The van der Waals surface area contributed by atoms with Gasteiger partial charge in [0.2, 0.25) is 5.76 Å². The summed E-state index contributed by atoms with van der Waals surface area (Å²) in [6.07, 6.45) is 0. The van der Waals surface area contributed by atoms with E-state index in [1.54, 1.807) is 18.1 Å². The highest BCUT2D eigenvalue weighted by Gasteiger charge is 2.43. The van der Waals surface area contributed by atoms with Gasteiger partial charge in [0.15, 0.2) is 16.9 Å². The highest BCUT2D eigenvalue weighted by molar-refractivity contribution is 5.99. The van der Waals surface area contributed by atoms with Crippen LogP contribution in [0.3, 0.4) is 0 Å². The van der Waals surface area contributed by atoms with Crippen LogP contribution in [-0.4, -0.2) is 24.5 Å². The van der Waals surface area contributed by atoms with Crippen molar-refractivity contribution in [3.63, 3.8) is 0 Å². The van der Waals surface area contributed by atoms with Gasteiger partial charge < -0.3 is 18.8 Å². The maximum atomic E-state index is 13.8. The summed E-state index contributed by atoms with van der Waals surface area (Å²) in [5.41, 5.74) is 4.37. The molecule has 2 heterocycles. The third-order valence-electron chi connectivity index (χ3n) is 6.40. The predicted octanol–water partition coefficient (Wildman–Crippen LogP) is 5.56. The van der Waals surface area contributed by atoms with Crippen LogP contribution < -0.4 is 14.9 Å². The molecule has 0 spiro atoms. The molecule has 6 nitrogen and oxygen atoms in total. The lowest BCUT2D eigenvalue weighted by Crippen LogP contribution is -2.29. The van der Waals surface area contributed by atoms with Crippen molar-refractivity contribution in [1.82, 2.24) is 4.90 Å². The average molecular weight is 470 g/mol. The van der Waals surface area contributed by atoms with Gasteiger partial charge in [-0.2, -0.15) is 0 Å². The molecule has 0 N–H and O–H groups in total. The van der Waals surface area contributed by atoms with E-state index in [1.807, 2.05) is 75.4 Å². The fourth-order valence-electron chi connectivity index (χ4n) is 4.66. The Bertz CT molecular complexity index is 1490. The Morgan fingerprint density at radius 3 is 2.37 bits per heavy atom. The number of rotatable bonds is 6. The van der Waals surface area contributed by atoms with Gasteiger partial charge in [-0.3, -0.25) is 9.59 Å². The zero-order chi connectivity index (χ0) is 24.7. The fraction of sp³-hybridized carbons (Fsp3) is 0.241. The molecule has 1 atom stereocenters. The Morgan fingerprint density at radius 1 is 0.914 bits per heavy atom. The van der Waals surface area contributed by atoms with Crippen molar-refractivity contribution in [2.75, 3.05) is 13.7 Å². The number of carbonyl (C=O) groups is 1. The minimum atomic E-state index is -0.621. The molecule has 1 aliphatic rings. The van der Waals surface area contributed by atoms with Gasteiger partial charge in [0.05, 0.1) is 30.7 Å². The number of carbonyl (C=O) groups excluding carboxylic acids is 1. The first-order valence-corrected chi connectivity index (χ1v) is 11.7. The van der Waals surface area contributed by atoms with Crippen molar-refractivity contribution in [1.29, 1.82) is 0 Å². The molecule has 5 rings (SSSR count). The van der Waals surface area contributed by atoms with E-state index in [-0.39, 0.29) is 17.1 Å². The Labute approximate surface area is 203 Å². The molecular weight excluding hydrogens is 442 g/mol. The monoisotopic (exact) mass is 469 g/mol. The van der Waals surface area contributed by atoms with Gasteiger partial charge in [-0.05, 0) is 56.2 Å². The largest absolute Gasteiger partial charge is 0.493 e. The van der Waals surface area contributed by atoms with E-state index in [0.29, 0.717) is 41.2 Å². The first-order valence-electron chi connectivity index (χ1n) is 11.7. The summed E-state index contributed by atoms with van der Waals surface area (Å²) in [5.74, 6) is 0.936. The standard InChI is InChI=1S/C29H27NO5/c1-5-34-23-13-11-20(15-24(23)33-4)26-25-27(31)21-14-18(3)8-12-22(21)35-28(25)29(32)30(26)16-19-9-6-17(2)7-10-19/h6-15,26H,5,16H2,1-4H3/t26-/m1/s1. The van der Waals surface area contributed by atoms with E-state index >= 15 is 0 Å². The highest BCUT2D eigenvalue weighted by atomic mass is 16.5. The van der Waals surface area contributed by atoms with Crippen LogP contribution in [0, 0.1) is 13.8 Å². The van der Waals surface area contributed by atoms with Crippen LogP contribution in [0.4, 0.5) is 0 Å². The van der Waals surface area contributed by atoms with E-state index in [1.165, 1.54) is 0 Å². The van der Waals surface area contributed by atoms with Gasteiger partial charge in [-0.1, -0.05) is 47.5 Å². The van der Waals surface area contributed by atoms with Crippen LogP contribution in [0.5, 0.6) is 11.5 Å². The number of fused-ring (bicyclic) bond motifs is 2. The topological polar surface area (TPSA) is 69.0 Å². The maximum Gasteiger partial charge on any atom is 0.291 e. The molecule has 3 aromatic carbocycles. The molecule has 0 aliphatic carbocycles. The molecule has 0 bridgehead atoms. The number of amides is 1. The van der Waals surface area contributed by atoms with Crippen LogP contribution in [-0.2, 0) is 6.54 Å². The molecule has 0 saturated carbocycles. The Hall–Kier alpha value is -4.06. The van der Waals surface area contributed by atoms with E-state index in [0.717, 1.165) is 22.3 Å². The summed E-state index contributed by atoms with van der Waals surface area (Å²) in [5, 5.41) is 0.469. The number of ether oxygens (including phenoxy) is 2. The Kier molecular flexibility index (Phi) is 5.81. The molecule has 0 radical (unpaired) electrons. The van der Waals surface area contributed by atoms with Crippen LogP contribution in [0.2, 0.25) is 0 Å². The molecule has 35 heavy (non-hydrogen) atoms. The number of hydrogen-bond acceptors (Lipinski definition) is 5. The highest BCUT2D eigenvalue weighted by Crippen LogP contribution is 2.41. The molecule has 1 amide bonds. The van der Waals surface area contributed by atoms with Gasteiger partial charge in [0, 0.05) is 6.54 Å². The lowest BCUT2D eigenvalue weighted by molar-refractivity contribution is 0.0714. The van der Waals surface area contributed by atoms with E-state index in [9.17, 15) is 9.59 Å². The lowest BCUT2D eigenvalue weighted by atomic mass is 9.97. The summed E-state index contributed by atoms with van der Waals surface area (Å²) >= 11 is 0. The van der Waals surface area contributed by atoms with Gasteiger partial charge in [-0.25, -0.2) is 0 Å². The summed E-state index contributed by atoms with van der Waals surface area (Å²) in [6, 6.07) is 18.4. The summed E-state index contributed by atoms with van der Waals surface area (Å²) in [6.45, 7) is 6.68. The van der Waals surface area contributed by atoms with Crippen molar-refractivity contribution in [2.45, 2.75) is 33.4 Å². The van der Waals surface area contributed by atoms with Crippen LogP contribution in [0.25, 0.3) is 11.0 Å². The van der Waals surface area contributed by atoms with Gasteiger partial charge in [0.25, 0.3) is 5.91 Å². The zero-order valence-electron chi connectivity index (χ0n) is 20.3. The first-order chi connectivity index (χ1) is 16.9. The lowest BCUT2D eigenvalue weighted by Gasteiger charge is -2.26. The van der Waals surface area contributed by atoms with Crippen LogP contribution >= 0.6 is 0 Å². The summed E-state index contributed by atoms with van der Waals surface area (Å²) < 4.78 is 17.3. The van der Waals surface area contributed by atoms with E-state index in [2.05, 4.69) is 0 Å². The minimum absolute atomic E-state index is 0.0938. The molecule has 0 unspecified atom stereocenters. The summed E-state index contributed by atoms with van der Waals surface area (Å²) in [4.78, 5) is 29.1. The molecule has 1 aromatic heterocycles. The van der Waals surface area contributed by atoms with Gasteiger partial charge in [0.1, 0.15) is 5.58 Å². The van der Waals surface area contributed by atoms with Crippen molar-refractivity contribution < 1.29 is 18.7 Å². The number of methoxy groups -OCH3 is 1. The fourth-order valence-corrected chi connectivity index (χ4v) is 4.66. The third-order valence-corrected chi connectivity index (χ3v) is 6.40. The van der Waals surface area contributed by atoms with Gasteiger partial charge >= 0.3 is 0 Å². The minimum Gasteiger partial charge on any atom is -0.493 e. The normalized spacial score (nSPS) is 14.9. The van der Waals surface area contributed by atoms with E-state index < -0.39 is 6.04 Å². The molecule has 0 saturated heterocycles. The molecule has 4 aromatic rings. The van der Waals surface area contributed by atoms with Crippen molar-refractivity contribution in [2.24, 2.45) is 0 Å². The van der Waals surface area contributed by atoms with Crippen molar-refractivity contribution in [3.05, 3.63) is 104 Å². The Morgan fingerprint density at radius 2 is 1.66 bits per heavy atom. The molecule has 178 valence electrons. The summed E-state index contributed by atoms with van der Waals surface area (Å²) in [7, 11) is 1.57. The zero-order valence-corrected chi connectivity index (χ0v) is 20.3. The average Bonchev–Trinajstić information content (AvgIpc) is 3.13. The number of nitrogens with zero attached hydrogens (tertiary/aromatic N) is 1. The first kappa shape index (κ1) is 22.7. The van der Waals surface area contributed by atoms with Crippen molar-refractivity contribution >= 4 is 16.9 Å². The van der Waals surface area contributed by atoms with Crippen LogP contribution in [0.15, 0.2) is 69.9 Å². The Balaban J connectivity index is 1.71. The van der Waals surface area contributed by atoms with Crippen LogP contribution in [0.1, 0.15) is 51.3 Å². The second kappa shape index (κ2) is 8.95. The SMILES string of the molecule is CCOc1ccc([C@@H]2c3c(oc4ccc(C)cc4c3=O)C(=O)N2Cc2ccc(C)cc2)cc1OC. The maximum absolute atomic E-state index is 13.8. The van der Waals surface area contributed by atoms with E-state index in [4.69, 9.17) is 13.9 Å². The number of hydrogen-bond donors (Lipinski definition) is 0. The third kappa shape index (κ3) is 3.95. The molecule has 0 fully saturated rings. The van der Waals surface area contributed by atoms with Gasteiger partial charge in [-0.15, -0.1) is 0 Å². The smallest absolute Gasteiger partial charge is 0.291 e. The molecule has 1 aliphatic heterocycles. The van der Waals surface area contributed by atoms with Crippen molar-refractivity contribution in [3.8, 4) is 11.5 Å². The molecule has 6 heteroatoms. The number of aryl methyl sites for hydroxylation is 2. The second-order valence-electron chi connectivity index (χ2n) is 8.84. The second-order valence-corrected chi connectivity index (χ2v) is 8.84. The predicted molar refractivity (Wildman–Crippen MR) is 134 cm³/mol.